The van der Waals surface area contributed by atoms with Crippen LogP contribution in [0.25, 0.3) is 0 Å². The van der Waals surface area contributed by atoms with E-state index in [2.05, 4.69) is 0 Å². The first-order chi connectivity index (χ1) is 9.00. The molecule has 0 unspecified atom stereocenters. The highest BCUT2D eigenvalue weighted by molar-refractivity contribution is 7.89. The van der Waals surface area contributed by atoms with Gasteiger partial charge in [-0.05, 0) is 38.0 Å². The topological polar surface area (TPSA) is 83.9 Å². The van der Waals surface area contributed by atoms with Crippen LogP contribution in [0, 0.1) is 5.92 Å². The molecule has 0 amide bonds. The van der Waals surface area contributed by atoms with Gasteiger partial charge in [0.05, 0.1) is 5.75 Å². The Morgan fingerprint density at radius 3 is 2.58 bits per heavy atom. The summed E-state index contributed by atoms with van der Waals surface area (Å²) >= 11 is 0. The Kier molecular flexibility index (Phi) is 4.81. The summed E-state index contributed by atoms with van der Waals surface area (Å²) in [4.78, 5) is 11.0. The molecule has 2 fully saturated rings. The second-order valence-corrected chi connectivity index (χ2v) is 7.31. The Morgan fingerprint density at radius 2 is 1.95 bits per heavy atom. The predicted octanol–water partition coefficient (Wildman–Crippen LogP) is 0.682. The summed E-state index contributed by atoms with van der Waals surface area (Å²) in [5, 5.41) is 9.04. The van der Waals surface area contributed by atoms with Crippen molar-refractivity contribution in [3.8, 4) is 0 Å². The number of hydrogen-bond acceptors (Lipinski definition) is 4. The lowest BCUT2D eigenvalue weighted by Crippen LogP contribution is -2.41. The third-order valence-electron chi connectivity index (χ3n) is 3.97. The monoisotopic (exact) mass is 291 g/mol. The van der Waals surface area contributed by atoms with Crippen LogP contribution in [-0.2, 0) is 19.6 Å². The highest BCUT2D eigenvalue weighted by atomic mass is 32.2. The van der Waals surface area contributed by atoms with Crippen molar-refractivity contribution in [2.24, 2.45) is 5.92 Å². The Balaban J connectivity index is 1.92. The van der Waals surface area contributed by atoms with Gasteiger partial charge in [0.15, 0.2) is 0 Å². The maximum atomic E-state index is 12.2. The van der Waals surface area contributed by atoms with Gasteiger partial charge in [-0.25, -0.2) is 8.42 Å². The third kappa shape index (κ3) is 3.67. The van der Waals surface area contributed by atoms with Crippen LogP contribution in [0.5, 0.6) is 0 Å². The molecular formula is C12H21NO5S. The van der Waals surface area contributed by atoms with Crippen LogP contribution < -0.4 is 0 Å². The van der Waals surface area contributed by atoms with E-state index < -0.39 is 22.0 Å². The fraction of sp³-hybridized carbons (Fsp3) is 0.917. The van der Waals surface area contributed by atoms with Crippen molar-refractivity contribution in [1.82, 2.24) is 4.31 Å². The van der Waals surface area contributed by atoms with Crippen molar-refractivity contribution in [2.75, 3.05) is 25.5 Å². The van der Waals surface area contributed by atoms with Crippen molar-refractivity contribution >= 4 is 16.0 Å². The van der Waals surface area contributed by atoms with Crippen LogP contribution in [0.3, 0.4) is 0 Å². The fourth-order valence-corrected chi connectivity index (χ4v) is 4.64. The Labute approximate surface area is 113 Å². The summed E-state index contributed by atoms with van der Waals surface area (Å²) in [6, 6.07) is -0.861. The normalized spacial score (nSPS) is 26.6. The number of carbonyl (C=O) groups is 1. The van der Waals surface area contributed by atoms with E-state index >= 15 is 0 Å². The highest BCUT2D eigenvalue weighted by Crippen LogP contribution is 2.24. The van der Waals surface area contributed by atoms with Gasteiger partial charge in [-0.2, -0.15) is 4.31 Å². The van der Waals surface area contributed by atoms with Gasteiger partial charge in [-0.1, -0.05) is 0 Å². The lowest BCUT2D eigenvalue weighted by Gasteiger charge is -2.24. The number of carboxylic acids is 1. The van der Waals surface area contributed by atoms with Crippen LogP contribution in [-0.4, -0.2) is 55.4 Å². The molecule has 2 aliphatic rings. The standard InChI is InChI=1S/C12H21NO5S/c14-12(15)11-2-1-6-13(11)19(16,17)9-5-10-3-7-18-8-4-10/h10-11H,1-9H2,(H,14,15)/t11-/m0/s1. The average molecular weight is 291 g/mol. The molecule has 2 aliphatic heterocycles. The first kappa shape index (κ1) is 14.7. The minimum atomic E-state index is -3.44. The minimum absolute atomic E-state index is 0.0570. The molecule has 0 bridgehead atoms. The molecule has 0 aromatic heterocycles. The molecular weight excluding hydrogens is 270 g/mol. The Morgan fingerprint density at radius 1 is 1.26 bits per heavy atom. The Bertz CT molecular complexity index is 416. The third-order valence-corrected chi connectivity index (χ3v) is 5.87. The van der Waals surface area contributed by atoms with Crippen LogP contribution in [0.4, 0.5) is 0 Å². The van der Waals surface area contributed by atoms with Crippen LogP contribution in [0.2, 0.25) is 0 Å². The number of aliphatic carboxylic acids is 1. The molecule has 110 valence electrons. The lowest BCUT2D eigenvalue weighted by atomic mass is 9.98. The quantitative estimate of drug-likeness (QED) is 0.805. The molecule has 0 aliphatic carbocycles. The molecule has 7 heteroatoms. The van der Waals surface area contributed by atoms with Crippen LogP contribution >= 0.6 is 0 Å². The van der Waals surface area contributed by atoms with Gasteiger partial charge in [0, 0.05) is 19.8 Å². The van der Waals surface area contributed by atoms with E-state index in [4.69, 9.17) is 9.84 Å². The first-order valence-corrected chi connectivity index (χ1v) is 8.41. The van der Waals surface area contributed by atoms with E-state index in [9.17, 15) is 13.2 Å². The summed E-state index contributed by atoms with van der Waals surface area (Å²) in [6.45, 7) is 1.74. The lowest BCUT2D eigenvalue weighted by molar-refractivity contribution is -0.140. The molecule has 2 heterocycles. The van der Waals surface area contributed by atoms with E-state index in [0.29, 0.717) is 44.9 Å². The number of sulfonamides is 1. The van der Waals surface area contributed by atoms with Crippen molar-refractivity contribution in [2.45, 2.75) is 38.1 Å². The molecule has 1 atom stereocenters. The SMILES string of the molecule is O=C(O)[C@@H]1CCCN1S(=O)(=O)CCC1CCOCC1. The van der Waals surface area contributed by atoms with Crippen LogP contribution in [0.1, 0.15) is 32.1 Å². The van der Waals surface area contributed by atoms with Gasteiger partial charge in [-0.3, -0.25) is 4.79 Å². The zero-order valence-electron chi connectivity index (χ0n) is 11.0. The van der Waals surface area contributed by atoms with Gasteiger partial charge in [-0.15, -0.1) is 0 Å². The van der Waals surface area contributed by atoms with E-state index in [1.54, 1.807) is 0 Å². The molecule has 6 nitrogen and oxygen atoms in total. The maximum Gasteiger partial charge on any atom is 0.322 e. The van der Waals surface area contributed by atoms with Crippen LogP contribution in [0.15, 0.2) is 0 Å². The van der Waals surface area contributed by atoms with Crippen molar-refractivity contribution < 1.29 is 23.1 Å². The molecule has 0 radical (unpaired) electrons. The number of ether oxygens (including phenoxy) is 1. The molecule has 1 N–H and O–H groups in total. The highest BCUT2D eigenvalue weighted by Gasteiger charge is 2.38. The van der Waals surface area contributed by atoms with E-state index in [0.717, 1.165) is 12.8 Å². The number of nitrogens with zero attached hydrogens (tertiary/aromatic N) is 1. The predicted molar refractivity (Wildman–Crippen MR) is 69.3 cm³/mol. The smallest absolute Gasteiger partial charge is 0.322 e. The zero-order valence-corrected chi connectivity index (χ0v) is 11.8. The van der Waals surface area contributed by atoms with Gasteiger partial charge in [0.1, 0.15) is 6.04 Å². The molecule has 19 heavy (non-hydrogen) atoms. The number of carboxylic acid groups (broad SMARTS) is 1. The zero-order chi connectivity index (χ0) is 13.9. The van der Waals surface area contributed by atoms with Gasteiger partial charge in [0.25, 0.3) is 0 Å². The van der Waals surface area contributed by atoms with E-state index in [1.165, 1.54) is 4.31 Å². The fourth-order valence-electron chi connectivity index (χ4n) is 2.79. The summed E-state index contributed by atoms with van der Waals surface area (Å²) in [5.41, 5.74) is 0. The van der Waals surface area contributed by atoms with Gasteiger partial charge < -0.3 is 9.84 Å². The molecule has 2 saturated heterocycles. The Hall–Kier alpha value is -0.660. The minimum Gasteiger partial charge on any atom is -0.480 e. The van der Waals surface area contributed by atoms with Crippen molar-refractivity contribution in [3.63, 3.8) is 0 Å². The molecule has 0 spiro atoms. The maximum absolute atomic E-state index is 12.2. The molecule has 2 rings (SSSR count). The molecule has 0 saturated carbocycles. The summed E-state index contributed by atoms with van der Waals surface area (Å²) in [5.74, 6) is -0.594. The molecule has 0 aromatic rings. The summed E-state index contributed by atoms with van der Waals surface area (Å²) in [6.07, 6.45) is 3.46. The largest absolute Gasteiger partial charge is 0.480 e. The van der Waals surface area contributed by atoms with Crippen molar-refractivity contribution in [3.05, 3.63) is 0 Å². The average Bonchev–Trinajstić information content (AvgIpc) is 2.88. The number of rotatable bonds is 5. The summed E-state index contributed by atoms with van der Waals surface area (Å²) in [7, 11) is -3.44. The molecule has 0 aromatic carbocycles. The van der Waals surface area contributed by atoms with E-state index in [1.807, 2.05) is 0 Å². The first-order valence-electron chi connectivity index (χ1n) is 6.81. The van der Waals surface area contributed by atoms with Gasteiger partial charge >= 0.3 is 5.97 Å². The summed E-state index contributed by atoms with van der Waals surface area (Å²) < 4.78 is 30.9. The second-order valence-electron chi connectivity index (χ2n) is 5.27. The van der Waals surface area contributed by atoms with Crippen molar-refractivity contribution in [1.29, 1.82) is 0 Å². The van der Waals surface area contributed by atoms with Gasteiger partial charge in [0.2, 0.25) is 10.0 Å². The number of hydrogen-bond donors (Lipinski definition) is 1. The van der Waals surface area contributed by atoms with E-state index in [-0.39, 0.29) is 5.75 Å². The second kappa shape index (κ2) is 6.19.